The minimum absolute atomic E-state index is 0.191. The van der Waals surface area contributed by atoms with Gasteiger partial charge in [-0.1, -0.05) is 23.7 Å². The average molecular weight is 402 g/mol. The molecule has 0 N–H and O–H groups in total. The first-order chi connectivity index (χ1) is 13.5. The second kappa shape index (κ2) is 8.75. The molecule has 3 rings (SSSR count). The predicted octanol–water partition coefficient (Wildman–Crippen LogP) is 4.15. The van der Waals surface area contributed by atoms with Gasteiger partial charge in [-0.2, -0.15) is 4.98 Å². The van der Waals surface area contributed by atoms with Gasteiger partial charge in [0.25, 0.3) is 5.91 Å². The fourth-order valence-corrected chi connectivity index (χ4v) is 2.73. The summed E-state index contributed by atoms with van der Waals surface area (Å²) in [5.74, 6) is 2.01. The van der Waals surface area contributed by atoms with Crippen molar-refractivity contribution in [1.29, 1.82) is 0 Å². The summed E-state index contributed by atoms with van der Waals surface area (Å²) in [6, 6.07) is 11.9. The Morgan fingerprint density at radius 1 is 1.21 bits per heavy atom. The molecule has 8 heteroatoms. The Labute approximate surface area is 167 Å². The molecule has 0 saturated heterocycles. The molecule has 0 aliphatic heterocycles. The molecule has 3 aromatic rings. The van der Waals surface area contributed by atoms with Crippen LogP contribution in [0.5, 0.6) is 11.5 Å². The second-order valence-corrected chi connectivity index (χ2v) is 6.39. The van der Waals surface area contributed by atoms with Gasteiger partial charge in [-0.25, -0.2) is 0 Å². The van der Waals surface area contributed by atoms with E-state index in [1.165, 1.54) is 4.90 Å². The van der Waals surface area contributed by atoms with Gasteiger partial charge in [-0.15, -0.1) is 0 Å². The van der Waals surface area contributed by atoms with Crippen molar-refractivity contribution in [3.05, 3.63) is 64.8 Å². The van der Waals surface area contributed by atoms with Crippen LogP contribution in [0.3, 0.4) is 0 Å². The first-order valence-electron chi connectivity index (χ1n) is 8.67. The second-order valence-electron chi connectivity index (χ2n) is 5.95. The smallest absolute Gasteiger partial charge is 0.258 e. The molecule has 0 atom stereocenters. The van der Waals surface area contributed by atoms with Gasteiger partial charge >= 0.3 is 0 Å². The lowest BCUT2D eigenvalue weighted by molar-refractivity contribution is 0.0992. The average Bonchev–Trinajstić information content (AvgIpc) is 3.19. The molecule has 0 radical (unpaired) electrons. The quantitative estimate of drug-likeness (QED) is 0.591. The normalized spacial score (nSPS) is 10.6. The molecular formula is C20H20ClN3O4. The number of carbonyl (C=O) groups is 1. The van der Waals surface area contributed by atoms with E-state index in [1.54, 1.807) is 56.6 Å². The van der Waals surface area contributed by atoms with Gasteiger partial charge < -0.3 is 18.9 Å². The van der Waals surface area contributed by atoms with E-state index in [0.29, 0.717) is 45.9 Å². The van der Waals surface area contributed by atoms with Gasteiger partial charge in [0.15, 0.2) is 6.61 Å². The minimum Gasteiger partial charge on any atom is -0.495 e. The molecule has 28 heavy (non-hydrogen) atoms. The van der Waals surface area contributed by atoms with Crippen molar-refractivity contribution in [3.63, 3.8) is 0 Å². The van der Waals surface area contributed by atoms with E-state index in [9.17, 15) is 4.79 Å². The van der Waals surface area contributed by atoms with Gasteiger partial charge in [0.1, 0.15) is 11.5 Å². The molecular weight excluding hydrogens is 382 g/mol. The summed E-state index contributed by atoms with van der Waals surface area (Å²) in [4.78, 5) is 18.5. The van der Waals surface area contributed by atoms with E-state index >= 15 is 0 Å². The number of benzene rings is 2. The van der Waals surface area contributed by atoms with Crippen molar-refractivity contribution in [1.82, 2.24) is 10.1 Å². The largest absolute Gasteiger partial charge is 0.495 e. The van der Waals surface area contributed by atoms with Crippen LogP contribution in [-0.4, -0.2) is 30.2 Å². The van der Waals surface area contributed by atoms with Crippen LogP contribution in [0.2, 0.25) is 5.02 Å². The molecule has 0 aliphatic carbocycles. The number of methoxy groups -OCH3 is 1. The molecule has 0 saturated carbocycles. The molecule has 0 fully saturated rings. The summed E-state index contributed by atoms with van der Waals surface area (Å²) < 4.78 is 16.0. The fourth-order valence-electron chi connectivity index (χ4n) is 2.56. The molecule has 0 bridgehead atoms. The first kappa shape index (κ1) is 19.7. The maximum atomic E-state index is 12.8. The number of rotatable bonds is 7. The van der Waals surface area contributed by atoms with Gasteiger partial charge in [0, 0.05) is 24.1 Å². The molecule has 7 nitrogen and oxygen atoms in total. The molecule has 1 heterocycles. The van der Waals surface area contributed by atoms with Gasteiger partial charge in [0.2, 0.25) is 11.7 Å². The lowest BCUT2D eigenvalue weighted by atomic mass is 10.1. The van der Waals surface area contributed by atoms with Crippen molar-refractivity contribution in [2.24, 2.45) is 0 Å². The van der Waals surface area contributed by atoms with Crippen LogP contribution >= 0.6 is 11.6 Å². The number of nitrogens with zero attached hydrogens (tertiary/aromatic N) is 3. The van der Waals surface area contributed by atoms with Gasteiger partial charge in [-0.05, 0) is 42.5 Å². The monoisotopic (exact) mass is 401 g/mol. The Morgan fingerprint density at radius 2 is 1.96 bits per heavy atom. The van der Waals surface area contributed by atoms with Crippen molar-refractivity contribution >= 4 is 23.2 Å². The Kier molecular flexibility index (Phi) is 6.16. The zero-order chi connectivity index (χ0) is 20.1. The highest BCUT2D eigenvalue weighted by molar-refractivity contribution is 6.31. The summed E-state index contributed by atoms with van der Waals surface area (Å²) in [5.41, 5.74) is 1.09. The SMILES string of the molecule is CCc1nc(COc2ccc(C(=O)N(C)c3cc(Cl)ccc3OC)cc2)no1. The summed E-state index contributed by atoms with van der Waals surface area (Å²) in [6.45, 7) is 2.13. The van der Waals surface area contributed by atoms with Crippen LogP contribution in [-0.2, 0) is 13.0 Å². The molecule has 0 spiro atoms. The minimum atomic E-state index is -0.196. The van der Waals surface area contributed by atoms with E-state index in [1.807, 2.05) is 6.92 Å². The van der Waals surface area contributed by atoms with E-state index in [4.69, 9.17) is 25.6 Å². The summed E-state index contributed by atoms with van der Waals surface area (Å²) in [7, 11) is 3.22. The number of carbonyl (C=O) groups excluding carboxylic acids is 1. The zero-order valence-electron chi connectivity index (χ0n) is 15.8. The van der Waals surface area contributed by atoms with E-state index < -0.39 is 0 Å². The Morgan fingerprint density at radius 3 is 2.61 bits per heavy atom. The van der Waals surface area contributed by atoms with Crippen LogP contribution in [0.4, 0.5) is 5.69 Å². The van der Waals surface area contributed by atoms with Crippen LogP contribution in [0.15, 0.2) is 47.0 Å². The van der Waals surface area contributed by atoms with Gasteiger partial charge in [0.05, 0.1) is 12.8 Å². The van der Waals surface area contributed by atoms with Crippen LogP contribution in [0, 0.1) is 0 Å². The molecule has 0 aliphatic rings. The van der Waals surface area contributed by atoms with Crippen LogP contribution < -0.4 is 14.4 Å². The third-order valence-electron chi connectivity index (χ3n) is 4.09. The Bertz CT molecular complexity index is 956. The van der Waals surface area contributed by atoms with Crippen LogP contribution in [0.25, 0.3) is 0 Å². The molecule has 1 aromatic heterocycles. The standard InChI is InChI=1S/C20H20ClN3O4/c1-4-19-22-18(23-28-19)12-27-15-8-5-13(6-9-15)20(25)24(2)16-11-14(21)7-10-17(16)26-3/h5-11H,4,12H2,1-3H3. The van der Waals surface area contributed by atoms with Crippen molar-refractivity contribution in [2.75, 3.05) is 19.1 Å². The van der Waals surface area contributed by atoms with Crippen molar-refractivity contribution in [3.8, 4) is 11.5 Å². The predicted molar refractivity (Wildman–Crippen MR) is 105 cm³/mol. The summed E-state index contributed by atoms with van der Waals surface area (Å²) in [5, 5.41) is 4.35. The molecule has 146 valence electrons. The summed E-state index contributed by atoms with van der Waals surface area (Å²) in [6.07, 6.45) is 0.675. The molecule has 0 unspecified atom stereocenters. The number of anilines is 1. The highest BCUT2D eigenvalue weighted by Crippen LogP contribution is 2.31. The topological polar surface area (TPSA) is 77.7 Å². The summed E-state index contributed by atoms with van der Waals surface area (Å²) >= 11 is 6.06. The fraction of sp³-hybridized carbons (Fsp3) is 0.250. The number of aromatic nitrogens is 2. The first-order valence-corrected chi connectivity index (χ1v) is 9.05. The lowest BCUT2D eigenvalue weighted by Crippen LogP contribution is -2.26. The zero-order valence-corrected chi connectivity index (χ0v) is 16.6. The maximum Gasteiger partial charge on any atom is 0.258 e. The number of aryl methyl sites for hydroxylation is 1. The Balaban J connectivity index is 1.68. The van der Waals surface area contributed by atoms with Crippen molar-refractivity contribution in [2.45, 2.75) is 20.0 Å². The van der Waals surface area contributed by atoms with Gasteiger partial charge in [-0.3, -0.25) is 4.79 Å². The number of ether oxygens (including phenoxy) is 2. The Hall–Kier alpha value is -3.06. The number of amides is 1. The highest BCUT2D eigenvalue weighted by atomic mass is 35.5. The third kappa shape index (κ3) is 4.43. The van der Waals surface area contributed by atoms with E-state index in [-0.39, 0.29) is 12.5 Å². The third-order valence-corrected chi connectivity index (χ3v) is 4.32. The number of halogens is 1. The molecule has 1 amide bonds. The molecule has 2 aromatic carbocycles. The lowest BCUT2D eigenvalue weighted by Gasteiger charge is -2.20. The number of hydrogen-bond donors (Lipinski definition) is 0. The van der Waals surface area contributed by atoms with Crippen molar-refractivity contribution < 1.29 is 18.8 Å². The van der Waals surface area contributed by atoms with E-state index in [0.717, 1.165) is 0 Å². The maximum absolute atomic E-state index is 12.8. The van der Waals surface area contributed by atoms with E-state index in [2.05, 4.69) is 10.1 Å². The van der Waals surface area contributed by atoms with Crippen LogP contribution in [0.1, 0.15) is 29.0 Å². The highest BCUT2D eigenvalue weighted by Gasteiger charge is 2.17. The number of hydrogen-bond acceptors (Lipinski definition) is 6.